The van der Waals surface area contributed by atoms with Gasteiger partial charge >= 0.3 is 6.03 Å². The van der Waals surface area contributed by atoms with E-state index in [9.17, 15) is 14.0 Å². The molecule has 0 saturated heterocycles. The maximum Gasteiger partial charge on any atom is 0.322 e. The summed E-state index contributed by atoms with van der Waals surface area (Å²) < 4.78 is 15.8. The van der Waals surface area contributed by atoms with Crippen molar-refractivity contribution < 1.29 is 9.18 Å². The number of nitrogens with zero attached hydrogens (tertiary/aromatic N) is 3. The number of fused-ring (bicyclic) bond motifs is 1. The van der Waals surface area contributed by atoms with Gasteiger partial charge in [-0.05, 0) is 78.3 Å². The number of para-hydroxylation sites is 2. The Hall–Kier alpha value is -3.52. The number of nitrogens with one attached hydrogen (secondary N) is 1. The summed E-state index contributed by atoms with van der Waals surface area (Å²) in [6.07, 6.45) is 0. The maximum absolute atomic E-state index is 13.6. The molecule has 1 unspecified atom stereocenters. The summed E-state index contributed by atoms with van der Waals surface area (Å²) in [5.74, 6) is -0.0208. The first-order valence-electron chi connectivity index (χ1n) is 10.5. The summed E-state index contributed by atoms with van der Waals surface area (Å²) in [6, 6.07) is 19.1. The first kappa shape index (κ1) is 22.7. The number of hydrogen-bond donors (Lipinski definition) is 1. The average molecular weight is 509 g/mol. The summed E-state index contributed by atoms with van der Waals surface area (Å²) >= 11 is 3.44. The molecule has 0 aliphatic rings. The van der Waals surface area contributed by atoms with Crippen LogP contribution in [0.25, 0.3) is 16.6 Å². The van der Waals surface area contributed by atoms with Gasteiger partial charge < -0.3 is 10.2 Å². The number of anilines is 1. The van der Waals surface area contributed by atoms with E-state index in [4.69, 9.17) is 4.98 Å². The van der Waals surface area contributed by atoms with E-state index < -0.39 is 11.9 Å². The van der Waals surface area contributed by atoms with Crippen molar-refractivity contribution >= 4 is 38.6 Å². The molecular weight excluding hydrogens is 487 g/mol. The number of urea groups is 1. The fourth-order valence-electron chi connectivity index (χ4n) is 3.75. The van der Waals surface area contributed by atoms with Gasteiger partial charge in [-0.15, -0.1) is 0 Å². The predicted molar refractivity (Wildman–Crippen MR) is 131 cm³/mol. The quantitative estimate of drug-likeness (QED) is 0.364. The number of rotatable bonds is 5. The summed E-state index contributed by atoms with van der Waals surface area (Å²) in [5.41, 5.74) is 1.36. The molecular formula is C25H22BrFN4O2. The minimum absolute atomic E-state index is 0.281. The van der Waals surface area contributed by atoms with Gasteiger partial charge in [-0.3, -0.25) is 9.36 Å². The molecule has 1 aromatic heterocycles. The third-order valence-electron chi connectivity index (χ3n) is 5.44. The highest BCUT2D eigenvalue weighted by Crippen LogP contribution is 2.26. The molecule has 4 aromatic rings. The number of benzene rings is 3. The lowest BCUT2D eigenvalue weighted by Crippen LogP contribution is -2.39. The van der Waals surface area contributed by atoms with Crippen LogP contribution in [-0.2, 0) is 0 Å². The van der Waals surface area contributed by atoms with E-state index in [1.807, 2.05) is 38.1 Å². The second kappa shape index (κ2) is 9.54. The van der Waals surface area contributed by atoms with Gasteiger partial charge in [0.2, 0.25) is 0 Å². The number of aromatic nitrogens is 2. The molecule has 0 aliphatic carbocycles. The minimum atomic E-state index is -0.556. The Morgan fingerprint density at radius 3 is 2.45 bits per heavy atom. The van der Waals surface area contributed by atoms with Crippen LogP contribution in [0.5, 0.6) is 0 Å². The van der Waals surface area contributed by atoms with Crippen LogP contribution in [0.4, 0.5) is 14.9 Å². The Balaban J connectivity index is 1.82. The molecule has 1 atom stereocenters. The molecule has 3 aromatic carbocycles. The van der Waals surface area contributed by atoms with Crippen molar-refractivity contribution in [3.8, 4) is 5.69 Å². The standard InChI is InChI=1S/C25H22BrFN4O2/c1-3-30(25(33)29-22-11-7-5-9-20(22)26)16(2)23-28-21-10-6-4-8-19(21)24(32)31(23)18-14-12-17(27)13-15-18/h4-16H,3H2,1-2H3,(H,29,33). The van der Waals surface area contributed by atoms with E-state index >= 15 is 0 Å². The lowest BCUT2D eigenvalue weighted by atomic mass is 10.2. The third kappa shape index (κ3) is 4.52. The fourth-order valence-corrected chi connectivity index (χ4v) is 4.14. The zero-order valence-corrected chi connectivity index (χ0v) is 19.7. The molecule has 0 fully saturated rings. The molecule has 1 N–H and O–H groups in total. The van der Waals surface area contributed by atoms with E-state index in [0.717, 1.165) is 4.47 Å². The van der Waals surface area contributed by atoms with E-state index in [1.54, 1.807) is 29.2 Å². The Bertz CT molecular complexity index is 1370. The highest BCUT2D eigenvalue weighted by Gasteiger charge is 2.26. The molecule has 1 heterocycles. The first-order chi connectivity index (χ1) is 15.9. The second-order valence-corrected chi connectivity index (χ2v) is 8.33. The molecule has 8 heteroatoms. The van der Waals surface area contributed by atoms with Crippen molar-refractivity contribution in [3.63, 3.8) is 0 Å². The van der Waals surface area contributed by atoms with E-state index in [2.05, 4.69) is 21.2 Å². The minimum Gasteiger partial charge on any atom is -0.315 e. The number of amides is 2. The molecule has 33 heavy (non-hydrogen) atoms. The Labute approximate surface area is 198 Å². The number of carbonyl (C=O) groups excluding carboxylic acids is 1. The topological polar surface area (TPSA) is 67.2 Å². The summed E-state index contributed by atoms with van der Waals surface area (Å²) in [7, 11) is 0. The van der Waals surface area contributed by atoms with Gasteiger partial charge in [-0.2, -0.15) is 0 Å². The predicted octanol–water partition coefficient (Wildman–Crippen LogP) is 5.90. The summed E-state index contributed by atoms with van der Waals surface area (Å²) in [6.45, 7) is 4.06. The van der Waals surface area contributed by atoms with Crippen molar-refractivity contribution in [2.24, 2.45) is 0 Å². The van der Waals surface area contributed by atoms with Gasteiger partial charge in [0.1, 0.15) is 11.6 Å². The maximum atomic E-state index is 13.6. The van der Waals surface area contributed by atoms with Gasteiger partial charge in [0.15, 0.2) is 0 Å². The van der Waals surface area contributed by atoms with Crippen LogP contribution in [0, 0.1) is 5.82 Å². The van der Waals surface area contributed by atoms with Crippen LogP contribution in [0.1, 0.15) is 25.7 Å². The Kier molecular flexibility index (Phi) is 6.55. The van der Waals surface area contributed by atoms with Crippen molar-refractivity contribution in [2.75, 3.05) is 11.9 Å². The molecule has 0 saturated carbocycles. The Morgan fingerprint density at radius 2 is 1.76 bits per heavy atom. The monoisotopic (exact) mass is 508 g/mol. The van der Waals surface area contributed by atoms with Gasteiger partial charge in [0, 0.05) is 11.0 Å². The van der Waals surface area contributed by atoms with E-state index in [-0.39, 0.29) is 11.6 Å². The molecule has 2 amide bonds. The summed E-state index contributed by atoms with van der Waals surface area (Å²) in [5, 5.41) is 3.35. The van der Waals surface area contributed by atoms with Crippen LogP contribution in [-0.4, -0.2) is 27.0 Å². The summed E-state index contributed by atoms with van der Waals surface area (Å²) in [4.78, 5) is 33.0. The number of hydrogen-bond acceptors (Lipinski definition) is 3. The normalized spacial score (nSPS) is 11.9. The fraction of sp³-hybridized carbons (Fsp3) is 0.160. The van der Waals surface area contributed by atoms with Gasteiger partial charge in [-0.25, -0.2) is 14.2 Å². The van der Waals surface area contributed by atoms with Crippen molar-refractivity contribution in [1.82, 2.24) is 14.5 Å². The van der Waals surface area contributed by atoms with Crippen molar-refractivity contribution in [3.05, 3.63) is 99.3 Å². The highest BCUT2D eigenvalue weighted by atomic mass is 79.9. The van der Waals surface area contributed by atoms with Gasteiger partial charge in [0.25, 0.3) is 5.56 Å². The number of halogens is 2. The SMILES string of the molecule is CCN(C(=O)Nc1ccccc1Br)C(C)c1nc2ccccc2c(=O)n1-c1ccc(F)cc1. The molecule has 0 aliphatic heterocycles. The lowest BCUT2D eigenvalue weighted by molar-refractivity contribution is 0.193. The highest BCUT2D eigenvalue weighted by molar-refractivity contribution is 9.10. The third-order valence-corrected chi connectivity index (χ3v) is 6.14. The van der Waals surface area contributed by atoms with Crippen molar-refractivity contribution in [1.29, 1.82) is 0 Å². The van der Waals surface area contributed by atoms with Crippen LogP contribution >= 0.6 is 15.9 Å². The second-order valence-electron chi connectivity index (χ2n) is 7.48. The molecule has 6 nitrogen and oxygen atoms in total. The smallest absolute Gasteiger partial charge is 0.315 e. The van der Waals surface area contributed by atoms with Crippen LogP contribution in [0.2, 0.25) is 0 Å². The number of carbonyl (C=O) groups is 1. The molecule has 168 valence electrons. The zero-order chi connectivity index (χ0) is 23.5. The van der Waals surface area contributed by atoms with Crippen LogP contribution in [0.15, 0.2) is 82.1 Å². The van der Waals surface area contributed by atoms with Crippen molar-refractivity contribution in [2.45, 2.75) is 19.9 Å². The van der Waals surface area contributed by atoms with E-state index in [0.29, 0.717) is 34.6 Å². The lowest BCUT2D eigenvalue weighted by Gasteiger charge is -2.29. The molecule has 0 bridgehead atoms. The van der Waals surface area contributed by atoms with Gasteiger partial charge in [-0.1, -0.05) is 24.3 Å². The Morgan fingerprint density at radius 1 is 1.09 bits per heavy atom. The molecule has 0 radical (unpaired) electrons. The average Bonchev–Trinajstić information content (AvgIpc) is 2.82. The largest absolute Gasteiger partial charge is 0.322 e. The molecule has 4 rings (SSSR count). The molecule has 0 spiro atoms. The van der Waals surface area contributed by atoms with Crippen LogP contribution in [0.3, 0.4) is 0 Å². The first-order valence-corrected chi connectivity index (χ1v) is 11.3. The van der Waals surface area contributed by atoms with E-state index in [1.165, 1.54) is 28.8 Å². The van der Waals surface area contributed by atoms with Crippen LogP contribution < -0.4 is 10.9 Å². The zero-order valence-electron chi connectivity index (χ0n) is 18.1. The van der Waals surface area contributed by atoms with Gasteiger partial charge in [0.05, 0.1) is 28.3 Å².